The molecule has 0 radical (unpaired) electrons. The third-order valence-electron chi connectivity index (χ3n) is 3.01. The van der Waals surface area contributed by atoms with Crippen LogP contribution in [0.15, 0.2) is 28.8 Å². The highest BCUT2D eigenvalue weighted by Gasteiger charge is 2.14. The van der Waals surface area contributed by atoms with Crippen LogP contribution in [0.1, 0.15) is 5.89 Å². The number of ether oxygens (including phenoxy) is 2. The van der Waals surface area contributed by atoms with Gasteiger partial charge in [0.25, 0.3) is 0 Å². The van der Waals surface area contributed by atoms with E-state index in [2.05, 4.69) is 15.5 Å². The second-order valence-electron chi connectivity index (χ2n) is 4.39. The molecule has 0 aliphatic heterocycles. The van der Waals surface area contributed by atoms with Gasteiger partial charge in [0, 0.05) is 25.1 Å². The lowest BCUT2D eigenvalue weighted by atomic mass is 10.2. The van der Waals surface area contributed by atoms with Crippen molar-refractivity contribution in [3.63, 3.8) is 0 Å². The smallest absolute Gasteiger partial charge is 0.228 e. The molecule has 0 fully saturated rings. The van der Waals surface area contributed by atoms with E-state index in [0.717, 1.165) is 11.3 Å². The van der Waals surface area contributed by atoms with Crippen LogP contribution in [0.3, 0.4) is 0 Å². The van der Waals surface area contributed by atoms with Gasteiger partial charge in [-0.2, -0.15) is 4.98 Å². The zero-order valence-electron chi connectivity index (χ0n) is 11.9. The fourth-order valence-electron chi connectivity index (χ4n) is 1.85. The minimum absolute atomic E-state index is 0.157. The molecule has 1 aromatic heterocycles. The molecule has 0 aliphatic carbocycles. The van der Waals surface area contributed by atoms with Crippen molar-refractivity contribution in [1.82, 2.24) is 15.5 Å². The van der Waals surface area contributed by atoms with Crippen LogP contribution in [-0.4, -0.2) is 44.1 Å². The lowest BCUT2D eigenvalue weighted by Crippen LogP contribution is -2.32. The van der Waals surface area contributed by atoms with E-state index in [4.69, 9.17) is 14.0 Å². The number of aromatic nitrogens is 2. The zero-order valence-corrected chi connectivity index (χ0v) is 11.9. The molecule has 1 unspecified atom stereocenters. The third kappa shape index (κ3) is 3.55. The van der Waals surface area contributed by atoms with Gasteiger partial charge < -0.3 is 19.3 Å². The normalized spacial score (nSPS) is 12.3. The zero-order chi connectivity index (χ0) is 14.4. The van der Waals surface area contributed by atoms with Gasteiger partial charge in [0.05, 0.1) is 13.7 Å². The van der Waals surface area contributed by atoms with Gasteiger partial charge in [-0.15, -0.1) is 0 Å². The first-order chi connectivity index (χ1) is 9.76. The number of benzene rings is 1. The predicted molar refractivity (Wildman–Crippen MR) is 74.7 cm³/mol. The van der Waals surface area contributed by atoms with Gasteiger partial charge in [0.2, 0.25) is 11.7 Å². The maximum absolute atomic E-state index is 5.27. The molecular weight excluding hydrogens is 258 g/mol. The molecule has 0 spiro atoms. The summed E-state index contributed by atoms with van der Waals surface area (Å²) in [6.45, 7) is 0.594. The number of hydrogen-bond acceptors (Lipinski definition) is 6. The first-order valence-corrected chi connectivity index (χ1v) is 6.40. The highest BCUT2D eigenvalue weighted by atomic mass is 16.5. The third-order valence-corrected chi connectivity index (χ3v) is 3.01. The fourth-order valence-corrected chi connectivity index (χ4v) is 1.85. The Morgan fingerprint density at radius 1 is 1.25 bits per heavy atom. The van der Waals surface area contributed by atoms with E-state index < -0.39 is 0 Å². The largest absolute Gasteiger partial charge is 0.497 e. The lowest BCUT2D eigenvalue weighted by Gasteiger charge is -2.11. The van der Waals surface area contributed by atoms with Crippen molar-refractivity contribution in [1.29, 1.82) is 0 Å². The first-order valence-electron chi connectivity index (χ1n) is 6.40. The second-order valence-corrected chi connectivity index (χ2v) is 4.39. The SMILES string of the molecule is CNC(COC)Cc1nc(-c2ccc(OC)cc2)no1. The molecule has 20 heavy (non-hydrogen) atoms. The Morgan fingerprint density at radius 3 is 2.60 bits per heavy atom. The molecular formula is C14H19N3O3. The predicted octanol–water partition coefficient (Wildman–Crippen LogP) is 1.52. The Balaban J connectivity index is 2.07. The summed E-state index contributed by atoms with van der Waals surface area (Å²) < 4.78 is 15.5. The van der Waals surface area contributed by atoms with Gasteiger partial charge in [-0.1, -0.05) is 5.16 Å². The molecule has 1 heterocycles. The lowest BCUT2D eigenvalue weighted by molar-refractivity contribution is 0.165. The monoisotopic (exact) mass is 277 g/mol. The van der Waals surface area contributed by atoms with E-state index in [9.17, 15) is 0 Å². The molecule has 1 aromatic carbocycles. The molecule has 0 aliphatic rings. The summed E-state index contributed by atoms with van der Waals surface area (Å²) in [7, 11) is 5.18. The van der Waals surface area contributed by atoms with Crippen molar-refractivity contribution in [3.05, 3.63) is 30.2 Å². The minimum atomic E-state index is 0.157. The van der Waals surface area contributed by atoms with Crippen LogP contribution in [0.4, 0.5) is 0 Å². The fraction of sp³-hybridized carbons (Fsp3) is 0.429. The Labute approximate surface area is 118 Å². The molecule has 108 valence electrons. The van der Waals surface area contributed by atoms with Gasteiger partial charge >= 0.3 is 0 Å². The van der Waals surface area contributed by atoms with Gasteiger partial charge in [0.15, 0.2) is 0 Å². The summed E-state index contributed by atoms with van der Waals surface area (Å²) in [5, 5.41) is 7.14. The summed E-state index contributed by atoms with van der Waals surface area (Å²) in [5.74, 6) is 1.97. The molecule has 6 nitrogen and oxygen atoms in total. The molecule has 1 atom stereocenters. The van der Waals surface area contributed by atoms with Crippen LogP contribution >= 0.6 is 0 Å². The van der Waals surface area contributed by atoms with Crippen LogP contribution < -0.4 is 10.1 Å². The van der Waals surface area contributed by atoms with Crippen molar-refractivity contribution in [2.75, 3.05) is 27.9 Å². The van der Waals surface area contributed by atoms with Crippen LogP contribution in [-0.2, 0) is 11.2 Å². The Kier molecular flexibility index (Phi) is 5.09. The summed E-state index contributed by atoms with van der Waals surface area (Å²) in [4.78, 5) is 4.39. The van der Waals surface area contributed by atoms with Crippen molar-refractivity contribution in [3.8, 4) is 17.1 Å². The quantitative estimate of drug-likeness (QED) is 0.827. The maximum atomic E-state index is 5.27. The molecule has 6 heteroatoms. The Morgan fingerprint density at radius 2 is 2.00 bits per heavy atom. The highest BCUT2D eigenvalue weighted by Crippen LogP contribution is 2.19. The van der Waals surface area contributed by atoms with E-state index in [1.54, 1.807) is 14.2 Å². The number of rotatable bonds is 7. The van der Waals surface area contributed by atoms with Crippen LogP contribution in [0.25, 0.3) is 11.4 Å². The van der Waals surface area contributed by atoms with Gasteiger partial charge in [-0.3, -0.25) is 0 Å². The van der Waals surface area contributed by atoms with E-state index >= 15 is 0 Å². The van der Waals surface area contributed by atoms with Crippen LogP contribution in [0.2, 0.25) is 0 Å². The number of nitrogens with zero attached hydrogens (tertiary/aromatic N) is 2. The second kappa shape index (κ2) is 7.02. The standard InChI is InChI=1S/C14H19N3O3/c1-15-11(9-18-2)8-13-16-14(17-20-13)10-4-6-12(19-3)7-5-10/h4-7,11,15H,8-9H2,1-3H3. The Bertz CT molecular complexity index is 525. The number of methoxy groups -OCH3 is 2. The minimum Gasteiger partial charge on any atom is -0.497 e. The summed E-state index contributed by atoms with van der Waals surface area (Å²) in [6, 6.07) is 7.69. The average Bonchev–Trinajstić information content (AvgIpc) is 2.95. The van der Waals surface area contributed by atoms with Gasteiger partial charge in [-0.25, -0.2) is 0 Å². The number of hydrogen-bond donors (Lipinski definition) is 1. The van der Waals surface area contributed by atoms with Crippen molar-refractivity contribution < 1.29 is 14.0 Å². The molecule has 0 amide bonds. The molecule has 0 saturated carbocycles. The maximum Gasteiger partial charge on any atom is 0.228 e. The topological polar surface area (TPSA) is 69.4 Å². The van der Waals surface area contributed by atoms with Crippen molar-refractivity contribution in [2.45, 2.75) is 12.5 Å². The average molecular weight is 277 g/mol. The van der Waals surface area contributed by atoms with Crippen LogP contribution in [0, 0.1) is 0 Å². The van der Waals surface area contributed by atoms with E-state index in [0.29, 0.717) is 24.7 Å². The molecule has 0 bridgehead atoms. The Hall–Kier alpha value is -1.92. The first kappa shape index (κ1) is 14.5. The molecule has 2 aromatic rings. The van der Waals surface area contributed by atoms with Crippen molar-refractivity contribution in [2.24, 2.45) is 0 Å². The van der Waals surface area contributed by atoms with Crippen molar-refractivity contribution >= 4 is 0 Å². The molecule has 2 rings (SSSR count). The van der Waals surface area contributed by atoms with E-state index in [-0.39, 0.29) is 6.04 Å². The van der Waals surface area contributed by atoms with E-state index in [1.807, 2.05) is 31.3 Å². The van der Waals surface area contributed by atoms with Gasteiger partial charge in [-0.05, 0) is 31.3 Å². The highest BCUT2D eigenvalue weighted by molar-refractivity contribution is 5.55. The molecule has 0 saturated heterocycles. The number of nitrogens with one attached hydrogen (secondary N) is 1. The summed E-state index contributed by atoms with van der Waals surface area (Å²) >= 11 is 0. The van der Waals surface area contributed by atoms with Gasteiger partial charge in [0.1, 0.15) is 5.75 Å². The molecule has 1 N–H and O–H groups in total. The summed E-state index contributed by atoms with van der Waals surface area (Å²) in [6.07, 6.45) is 0.632. The van der Waals surface area contributed by atoms with Crippen LogP contribution in [0.5, 0.6) is 5.75 Å². The number of likely N-dealkylation sites (N-methyl/N-ethyl adjacent to an activating group) is 1. The van der Waals surface area contributed by atoms with E-state index in [1.165, 1.54) is 0 Å². The summed E-state index contributed by atoms with van der Waals surface area (Å²) in [5.41, 5.74) is 0.897.